The molecule has 0 saturated carbocycles. The first kappa shape index (κ1) is 21.5. The molecule has 156 valence electrons. The first-order valence-electron chi connectivity index (χ1n) is 10.0. The number of sulfonamides is 1. The van der Waals surface area contributed by atoms with Gasteiger partial charge in [0, 0.05) is 20.1 Å². The predicted molar refractivity (Wildman–Crippen MR) is 114 cm³/mol. The summed E-state index contributed by atoms with van der Waals surface area (Å²) < 4.78 is 26.1. The molecular weight excluding hydrogens is 386 g/mol. The SMILES string of the molecule is CN(CC(=O)NCc1cccc(CN2CCCCC2)c1)S(=O)(=O)c1ccccc1. The monoisotopic (exact) mass is 415 g/mol. The van der Waals surface area contributed by atoms with Crippen LogP contribution in [-0.2, 0) is 27.9 Å². The highest BCUT2D eigenvalue weighted by Gasteiger charge is 2.22. The van der Waals surface area contributed by atoms with Gasteiger partial charge in [0.2, 0.25) is 15.9 Å². The molecule has 0 unspecified atom stereocenters. The molecule has 2 aromatic rings. The van der Waals surface area contributed by atoms with Crippen LogP contribution in [0.2, 0.25) is 0 Å². The quantitative estimate of drug-likeness (QED) is 0.720. The molecule has 1 aliphatic heterocycles. The Kier molecular flexibility index (Phi) is 7.41. The molecule has 6 nitrogen and oxygen atoms in total. The third-order valence-corrected chi connectivity index (χ3v) is 6.97. The molecule has 0 aromatic heterocycles. The minimum atomic E-state index is -3.67. The van der Waals surface area contributed by atoms with Gasteiger partial charge in [-0.3, -0.25) is 9.69 Å². The zero-order valence-corrected chi connectivity index (χ0v) is 17.7. The summed E-state index contributed by atoms with van der Waals surface area (Å²) in [6.07, 6.45) is 3.83. The summed E-state index contributed by atoms with van der Waals surface area (Å²) in [5.41, 5.74) is 2.25. The highest BCUT2D eigenvalue weighted by molar-refractivity contribution is 7.89. The van der Waals surface area contributed by atoms with Crippen LogP contribution in [0.25, 0.3) is 0 Å². The molecule has 0 aliphatic carbocycles. The van der Waals surface area contributed by atoms with E-state index in [4.69, 9.17) is 0 Å². The average molecular weight is 416 g/mol. The van der Waals surface area contributed by atoms with Crippen LogP contribution in [0.15, 0.2) is 59.5 Å². The van der Waals surface area contributed by atoms with Gasteiger partial charge in [-0.25, -0.2) is 8.42 Å². The van der Waals surface area contributed by atoms with Crippen molar-refractivity contribution in [2.45, 2.75) is 37.2 Å². The number of nitrogens with one attached hydrogen (secondary N) is 1. The molecule has 3 rings (SSSR count). The number of piperidine rings is 1. The van der Waals surface area contributed by atoms with Crippen molar-refractivity contribution < 1.29 is 13.2 Å². The normalized spacial score (nSPS) is 15.4. The Bertz CT molecular complexity index is 910. The third-order valence-electron chi connectivity index (χ3n) is 5.15. The van der Waals surface area contributed by atoms with Gasteiger partial charge in [0.25, 0.3) is 0 Å². The first-order chi connectivity index (χ1) is 13.9. The van der Waals surface area contributed by atoms with E-state index < -0.39 is 10.0 Å². The third kappa shape index (κ3) is 6.13. The Labute approximate surface area is 173 Å². The summed E-state index contributed by atoms with van der Waals surface area (Å²) in [4.78, 5) is 14.9. The molecule has 7 heteroatoms. The van der Waals surface area contributed by atoms with Crippen LogP contribution in [0.4, 0.5) is 0 Å². The van der Waals surface area contributed by atoms with Crippen LogP contribution >= 0.6 is 0 Å². The van der Waals surface area contributed by atoms with E-state index in [1.165, 1.54) is 44.0 Å². The second-order valence-corrected chi connectivity index (χ2v) is 9.55. The van der Waals surface area contributed by atoms with Gasteiger partial charge in [-0.05, 0) is 49.2 Å². The maximum Gasteiger partial charge on any atom is 0.243 e. The van der Waals surface area contributed by atoms with Gasteiger partial charge >= 0.3 is 0 Å². The lowest BCUT2D eigenvalue weighted by Gasteiger charge is -2.26. The molecule has 1 fully saturated rings. The Hall–Kier alpha value is -2.22. The molecule has 0 radical (unpaired) electrons. The van der Waals surface area contributed by atoms with Crippen molar-refractivity contribution in [1.29, 1.82) is 0 Å². The van der Waals surface area contributed by atoms with E-state index in [2.05, 4.69) is 22.3 Å². The van der Waals surface area contributed by atoms with Crippen LogP contribution in [0.5, 0.6) is 0 Å². The van der Waals surface area contributed by atoms with Gasteiger partial charge in [0.05, 0.1) is 11.4 Å². The van der Waals surface area contributed by atoms with Gasteiger partial charge in [-0.15, -0.1) is 0 Å². The van der Waals surface area contributed by atoms with Crippen molar-refractivity contribution in [3.8, 4) is 0 Å². The van der Waals surface area contributed by atoms with E-state index in [-0.39, 0.29) is 17.3 Å². The predicted octanol–water partition coefficient (Wildman–Crippen LogP) is 2.61. The summed E-state index contributed by atoms with van der Waals surface area (Å²) >= 11 is 0. The number of carbonyl (C=O) groups is 1. The molecule has 0 bridgehead atoms. The minimum Gasteiger partial charge on any atom is -0.351 e. The number of amides is 1. The summed E-state index contributed by atoms with van der Waals surface area (Å²) in [5, 5.41) is 2.83. The second kappa shape index (κ2) is 10.0. The molecular formula is C22H29N3O3S. The highest BCUT2D eigenvalue weighted by atomic mass is 32.2. The van der Waals surface area contributed by atoms with Crippen LogP contribution in [-0.4, -0.2) is 50.2 Å². The van der Waals surface area contributed by atoms with Crippen molar-refractivity contribution in [2.75, 3.05) is 26.7 Å². The number of hydrogen-bond donors (Lipinski definition) is 1. The Morgan fingerprint density at radius 3 is 2.41 bits per heavy atom. The van der Waals surface area contributed by atoms with Crippen LogP contribution in [0.1, 0.15) is 30.4 Å². The first-order valence-corrected chi connectivity index (χ1v) is 11.5. The topological polar surface area (TPSA) is 69.7 Å². The maximum absolute atomic E-state index is 12.5. The molecule has 29 heavy (non-hydrogen) atoms. The Morgan fingerprint density at radius 2 is 1.69 bits per heavy atom. The van der Waals surface area contributed by atoms with E-state index in [1.807, 2.05) is 12.1 Å². The molecule has 0 atom stereocenters. The largest absolute Gasteiger partial charge is 0.351 e. The minimum absolute atomic E-state index is 0.181. The summed E-state index contributed by atoms with van der Waals surface area (Å²) in [6, 6.07) is 16.3. The molecule has 1 N–H and O–H groups in total. The lowest BCUT2D eigenvalue weighted by atomic mass is 10.1. The van der Waals surface area contributed by atoms with Crippen LogP contribution < -0.4 is 5.32 Å². The van der Waals surface area contributed by atoms with E-state index in [9.17, 15) is 13.2 Å². The van der Waals surface area contributed by atoms with Gasteiger partial charge in [0.15, 0.2) is 0 Å². The Balaban J connectivity index is 1.52. The van der Waals surface area contributed by atoms with E-state index in [1.54, 1.807) is 18.2 Å². The van der Waals surface area contributed by atoms with Crippen molar-refractivity contribution in [3.63, 3.8) is 0 Å². The van der Waals surface area contributed by atoms with E-state index in [0.29, 0.717) is 6.54 Å². The Morgan fingerprint density at radius 1 is 1.00 bits per heavy atom. The van der Waals surface area contributed by atoms with Crippen molar-refractivity contribution in [3.05, 3.63) is 65.7 Å². The zero-order chi connectivity index (χ0) is 20.7. The van der Waals surface area contributed by atoms with Crippen LogP contribution in [0.3, 0.4) is 0 Å². The lowest BCUT2D eigenvalue weighted by molar-refractivity contribution is -0.121. The second-order valence-electron chi connectivity index (χ2n) is 7.51. The highest BCUT2D eigenvalue weighted by Crippen LogP contribution is 2.15. The zero-order valence-electron chi connectivity index (χ0n) is 16.9. The van der Waals surface area contributed by atoms with Gasteiger partial charge in [-0.2, -0.15) is 4.31 Å². The standard InChI is InChI=1S/C22H29N3O3S/c1-24(29(27,28)21-11-4-2-5-12-21)18-22(26)23-16-19-9-8-10-20(15-19)17-25-13-6-3-7-14-25/h2,4-5,8-12,15H,3,6-7,13-14,16-18H2,1H3,(H,23,26). The fraction of sp³-hybridized carbons (Fsp3) is 0.409. The molecule has 1 heterocycles. The summed E-state index contributed by atoms with van der Waals surface area (Å²) in [5.74, 6) is -0.326. The fourth-order valence-corrected chi connectivity index (χ4v) is 4.68. The summed E-state index contributed by atoms with van der Waals surface area (Å²) in [7, 11) is -2.26. The van der Waals surface area contributed by atoms with Crippen molar-refractivity contribution in [2.24, 2.45) is 0 Å². The van der Waals surface area contributed by atoms with Gasteiger partial charge in [-0.1, -0.05) is 48.9 Å². The van der Waals surface area contributed by atoms with Crippen molar-refractivity contribution >= 4 is 15.9 Å². The van der Waals surface area contributed by atoms with Gasteiger partial charge < -0.3 is 5.32 Å². The number of benzene rings is 2. The van der Waals surface area contributed by atoms with E-state index >= 15 is 0 Å². The summed E-state index contributed by atoms with van der Waals surface area (Å²) in [6.45, 7) is 3.38. The smallest absolute Gasteiger partial charge is 0.243 e. The van der Waals surface area contributed by atoms with Crippen molar-refractivity contribution in [1.82, 2.24) is 14.5 Å². The number of carbonyl (C=O) groups excluding carboxylic acids is 1. The molecule has 1 saturated heterocycles. The number of hydrogen-bond acceptors (Lipinski definition) is 4. The van der Waals surface area contributed by atoms with Crippen LogP contribution in [0, 0.1) is 0 Å². The van der Waals surface area contributed by atoms with Gasteiger partial charge in [0.1, 0.15) is 0 Å². The molecule has 2 aromatic carbocycles. The molecule has 1 amide bonds. The number of likely N-dealkylation sites (N-methyl/N-ethyl adjacent to an activating group) is 1. The number of likely N-dealkylation sites (tertiary alicyclic amines) is 1. The number of rotatable bonds is 8. The molecule has 1 aliphatic rings. The maximum atomic E-state index is 12.5. The number of nitrogens with zero attached hydrogens (tertiary/aromatic N) is 2. The average Bonchev–Trinajstić information content (AvgIpc) is 2.74. The lowest BCUT2D eigenvalue weighted by Crippen LogP contribution is -2.38. The van der Waals surface area contributed by atoms with E-state index in [0.717, 1.165) is 29.5 Å². The fourth-order valence-electron chi connectivity index (χ4n) is 3.53. The molecule has 0 spiro atoms.